The van der Waals surface area contributed by atoms with E-state index in [9.17, 15) is 4.79 Å². The Morgan fingerprint density at radius 3 is 2.62 bits per heavy atom. The molecular formula is C18H21Cl2N3O3. The summed E-state index contributed by atoms with van der Waals surface area (Å²) in [6.45, 7) is 5.25. The molecule has 1 fully saturated rings. The van der Waals surface area contributed by atoms with Crippen molar-refractivity contribution in [1.82, 2.24) is 10.2 Å². The van der Waals surface area contributed by atoms with Gasteiger partial charge < -0.3 is 19.8 Å². The topological polar surface area (TPSA) is 66.7 Å². The molecule has 8 heteroatoms. The number of morpholine rings is 1. The van der Waals surface area contributed by atoms with Gasteiger partial charge in [-0.25, -0.2) is 4.79 Å². The molecule has 1 atom stereocenters. The lowest BCUT2D eigenvalue weighted by Crippen LogP contribution is -2.44. The SMILES string of the molecule is Cc1ccc([C@H](CNC(=O)Nc2ccc(Cl)c(Cl)c2)N2CCOCC2)o1. The van der Waals surface area contributed by atoms with Gasteiger partial charge in [-0.15, -0.1) is 0 Å². The molecule has 0 radical (unpaired) electrons. The predicted octanol–water partition coefficient (Wildman–Crippen LogP) is 4.09. The molecule has 1 aromatic carbocycles. The molecule has 6 nitrogen and oxygen atoms in total. The van der Waals surface area contributed by atoms with Crippen LogP contribution in [0.4, 0.5) is 10.5 Å². The lowest BCUT2D eigenvalue weighted by Gasteiger charge is -2.33. The van der Waals surface area contributed by atoms with E-state index < -0.39 is 0 Å². The molecule has 3 rings (SSSR count). The minimum absolute atomic E-state index is 0.0489. The summed E-state index contributed by atoms with van der Waals surface area (Å²) < 4.78 is 11.2. The van der Waals surface area contributed by atoms with Crippen LogP contribution in [0, 0.1) is 6.92 Å². The second-order valence-corrected chi connectivity index (χ2v) is 6.89. The van der Waals surface area contributed by atoms with Crippen LogP contribution in [0.1, 0.15) is 17.6 Å². The number of carbonyl (C=O) groups is 1. The van der Waals surface area contributed by atoms with Gasteiger partial charge in [-0.05, 0) is 37.3 Å². The van der Waals surface area contributed by atoms with E-state index in [0.29, 0.717) is 35.5 Å². The molecule has 1 aromatic heterocycles. The Labute approximate surface area is 162 Å². The molecule has 2 heterocycles. The van der Waals surface area contributed by atoms with E-state index in [-0.39, 0.29) is 12.1 Å². The summed E-state index contributed by atoms with van der Waals surface area (Å²) in [5.74, 6) is 1.68. The maximum Gasteiger partial charge on any atom is 0.319 e. The molecule has 0 saturated carbocycles. The number of aryl methyl sites for hydroxylation is 1. The summed E-state index contributed by atoms with van der Waals surface area (Å²) in [4.78, 5) is 14.5. The van der Waals surface area contributed by atoms with E-state index in [4.69, 9.17) is 32.4 Å². The molecule has 0 unspecified atom stereocenters. The number of anilines is 1. The Hall–Kier alpha value is -1.73. The molecule has 1 saturated heterocycles. The standard InChI is InChI=1S/C18H21Cl2N3O3/c1-12-2-5-17(26-12)16(23-6-8-25-9-7-23)11-21-18(24)22-13-3-4-14(19)15(20)10-13/h2-5,10,16H,6-9,11H2,1H3,(H2,21,22,24)/t16-/m0/s1. The fourth-order valence-corrected chi connectivity index (χ4v) is 3.17. The highest BCUT2D eigenvalue weighted by molar-refractivity contribution is 6.42. The second-order valence-electron chi connectivity index (χ2n) is 6.08. The summed E-state index contributed by atoms with van der Waals surface area (Å²) in [6, 6.07) is 8.47. The Balaban J connectivity index is 1.62. The van der Waals surface area contributed by atoms with Crippen molar-refractivity contribution in [1.29, 1.82) is 0 Å². The van der Waals surface area contributed by atoms with Crippen molar-refractivity contribution in [3.8, 4) is 0 Å². The van der Waals surface area contributed by atoms with Gasteiger partial charge in [-0.1, -0.05) is 23.2 Å². The average molecular weight is 398 g/mol. The normalized spacial score (nSPS) is 16.3. The molecular weight excluding hydrogens is 377 g/mol. The second kappa shape index (κ2) is 8.77. The molecule has 26 heavy (non-hydrogen) atoms. The van der Waals surface area contributed by atoms with Gasteiger partial charge in [0.2, 0.25) is 0 Å². The van der Waals surface area contributed by atoms with Crippen molar-refractivity contribution in [2.75, 3.05) is 38.2 Å². The minimum atomic E-state index is -0.315. The fraction of sp³-hybridized carbons (Fsp3) is 0.389. The van der Waals surface area contributed by atoms with Crippen molar-refractivity contribution in [2.45, 2.75) is 13.0 Å². The molecule has 2 amide bonds. The van der Waals surface area contributed by atoms with Gasteiger partial charge in [-0.2, -0.15) is 0 Å². The van der Waals surface area contributed by atoms with E-state index in [0.717, 1.165) is 24.6 Å². The van der Waals surface area contributed by atoms with E-state index in [2.05, 4.69) is 15.5 Å². The zero-order chi connectivity index (χ0) is 18.5. The first kappa shape index (κ1) is 19.0. The highest BCUT2D eigenvalue weighted by Crippen LogP contribution is 2.25. The van der Waals surface area contributed by atoms with E-state index >= 15 is 0 Å². The van der Waals surface area contributed by atoms with Crippen LogP contribution < -0.4 is 10.6 Å². The summed E-state index contributed by atoms with van der Waals surface area (Å²) in [5.41, 5.74) is 0.577. The number of hydrogen-bond acceptors (Lipinski definition) is 4. The Morgan fingerprint density at radius 2 is 1.96 bits per heavy atom. The van der Waals surface area contributed by atoms with E-state index in [1.807, 2.05) is 19.1 Å². The number of carbonyl (C=O) groups excluding carboxylic acids is 1. The summed E-state index contributed by atoms with van der Waals surface area (Å²) >= 11 is 11.9. The fourth-order valence-electron chi connectivity index (χ4n) is 2.87. The third kappa shape index (κ3) is 4.92. The van der Waals surface area contributed by atoms with Crippen LogP contribution in [0.2, 0.25) is 10.0 Å². The van der Waals surface area contributed by atoms with Crippen LogP contribution in [-0.4, -0.2) is 43.8 Å². The van der Waals surface area contributed by atoms with Crippen molar-refractivity contribution in [3.05, 3.63) is 51.9 Å². The highest BCUT2D eigenvalue weighted by Gasteiger charge is 2.25. The highest BCUT2D eigenvalue weighted by atomic mass is 35.5. The van der Waals surface area contributed by atoms with Gasteiger partial charge in [-0.3, -0.25) is 4.90 Å². The number of amides is 2. The van der Waals surface area contributed by atoms with Gasteiger partial charge in [0.05, 0.1) is 29.3 Å². The van der Waals surface area contributed by atoms with Gasteiger partial charge in [0.15, 0.2) is 0 Å². The first-order valence-corrected chi connectivity index (χ1v) is 9.16. The Bertz CT molecular complexity index is 760. The predicted molar refractivity (Wildman–Crippen MR) is 102 cm³/mol. The molecule has 1 aliphatic rings. The molecule has 0 bridgehead atoms. The number of nitrogens with one attached hydrogen (secondary N) is 2. The zero-order valence-corrected chi connectivity index (χ0v) is 15.9. The van der Waals surface area contributed by atoms with Gasteiger partial charge in [0, 0.05) is 25.3 Å². The van der Waals surface area contributed by atoms with E-state index in [1.54, 1.807) is 18.2 Å². The van der Waals surface area contributed by atoms with Crippen molar-refractivity contribution in [2.24, 2.45) is 0 Å². The van der Waals surface area contributed by atoms with Gasteiger partial charge in [0.1, 0.15) is 11.5 Å². The molecule has 1 aliphatic heterocycles. The first-order chi connectivity index (χ1) is 12.5. The molecule has 0 aliphatic carbocycles. The lowest BCUT2D eigenvalue weighted by atomic mass is 10.1. The van der Waals surface area contributed by atoms with Crippen LogP contribution >= 0.6 is 23.2 Å². The maximum atomic E-state index is 12.3. The number of urea groups is 1. The number of furan rings is 1. The number of halogens is 2. The van der Waals surface area contributed by atoms with Crippen LogP contribution in [0.5, 0.6) is 0 Å². The summed E-state index contributed by atoms with van der Waals surface area (Å²) in [6.07, 6.45) is 0. The van der Waals surface area contributed by atoms with Crippen molar-refractivity contribution < 1.29 is 13.9 Å². The Kier molecular flexibility index (Phi) is 6.43. The largest absolute Gasteiger partial charge is 0.465 e. The minimum Gasteiger partial charge on any atom is -0.465 e. The molecule has 2 aromatic rings. The van der Waals surface area contributed by atoms with Gasteiger partial charge >= 0.3 is 6.03 Å². The van der Waals surface area contributed by atoms with Gasteiger partial charge in [0.25, 0.3) is 0 Å². The average Bonchev–Trinajstić information content (AvgIpc) is 3.05. The summed E-state index contributed by atoms with van der Waals surface area (Å²) in [7, 11) is 0. The smallest absolute Gasteiger partial charge is 0.319 e. The molecule has 0 spiro atoms. The number of nitrogens with zero attached hydrogens (tertiary/aromatic N) is 1. The maximum absolute atomic E-state index is 12.3. The van der Waals surface area contributed by atoms with Crippen LogP contribution in [0.15, 0.2) is 34.7 Å². The zero-order valence-electron chi connectivity index (χ0n) is 14.4. The van der Waals surface area contributed by atoms with Crippen molar-refractivity contribution >= 4 is 34.9 Å². The lowest BCUT2D eigenvalue weighted by molar-refractivity contribution is 0.0122. The monoisotopic (exact) mass is 397 g/mol. The van der Waals surface area contributed by atoms with Crippen LogP contribution in [-0.2, 0) is 4.74 Å². The number of benzene rings is 1. The van der Waals surface area contributed by atoms with Crippen molar-refractivity contribution in [3.63, 3.8) is 0 Å². The van der Waals surface area contributed by atoms with Crippen LogP contribution in [0.3, 0.4) is 0 Å². The van der Waals surface area contributed by atoms with E-state index in [1.165, 1.54) is 0 Å². The number of ether oxygens (including phenoxy) is 1. The molecule has 140 valence electrons. The first-order valence-electron chi connectivity index (χ1n) is 8.41. The Morgan fingerprint density at radius 1 is 1.19 bits per heavy atom. The number of hydrogen-bond donors (Lipinski definition) is 2. The third-order valence-electron chi connectivity index (χ3n) is 4.21. The quantitative estimate of drug-likeness (QED) is 0.796. The van der Waals surface area contributed by atoms with Crippen LogP contribution in [0.25, 0.3) is 0 Å². The third-order valence-corrected chi connectivity index (χ3v) is 4.95. The summed E-state index contributed by atoms with van der Waals surface area (Å²) in [5, 5.41) is 6.49. The number of rotatable bonds is 5. The molecule has 2 N–H and O–H groups in total.